The van der Waals surface area contributed by atoms with Crippen molar-refractivity contribution < 1.29 is 14.3 Å². The first-order chi connectivity index (χ1) is 11.2. The van der Waals surface area contributed by atoms with Crippen LogP contribution in [0.1, 0.15) is 29.3 Å². The molecule has 0 spiro atoms. The Kier molecular flexibility index (Phi) is 4.76. The zero-order valence-corrected chi connectivity index (χ0v) is 13.1. The van der Waals surface area contributed by atoms with Crippen molar-refractivity contribution in [2.24, 2.45) is 0 Å². The Morgan fingerprint density at radius 1 is 1.43 bits per heavy atom. The number of hydrogen-bond donors (Lipinski definition) is 1. The molecule has 1 aromatic carbocycles. The van der Waals surface area contributed by atoms with Gasteiger partial charge in [-0.05, 0) is 49.2 Å². The fourth-order valence-corrected chi connectivity index (χ4v) is 2.56. The molecule has 23 heavy (non-hydrogen) atoms. The molecule has 1 aliphatic rings. The van der Waals surface area contributed by atoms with E-state index < -0.39 is 0 Å². The second kappa shape index (κ2) is 7.13. The van der Waals surface area contributed by atoms with Gasteiger partial charge in [-0.3, -0.25) is 9.78 Å². The van der Waals surface area contributed by atoms with Crippen LogP contribution >= 0.6 is 0 Å². The molecule has 120 valence electrons. The minimum Gasteiger partial charge on any atom is -0.492 e. The SMILES string of the molecule is C[C@@H]1Cc2cc(C(=O)NCCCOc3cccnc3)ccc2O1. The Morgan fingerprint density at radius 3 is 3.17 bits per heavy atom. The van der Waals surface area contributed by atoms with Crippen molar-refractivity contribution >= 4 is 5.91 Å². The van der Waals surface area contributed by atoms with Crippen molar-refractivity contribution in [2.45, 2.75) is 25.9 Å². The van der Waals surface area contributed by atoms with Gasteiger partial charge in [0, 0.05) is 24.7 Å². The number of fused-ring (bicyclic) bond motifs is 1. The molecular formula is C18H20N2O3. The van der Waals surface area contributed by atoms with E-state index >= 15 is 0 Å². The van der Waals surface area contributed by atoms with Crippen LogP contribution in [0, 0.1) is 0 Å². The molecule has 3 rings (SSSR count). The average molecular weight is 312 g/mol. The number of pyridine rings is 1. The van der Waals surface area contributed by atoms with Crippen LogP contribution in [0.3, 0.4) is 0 Å². The van der Waals surface area contributed by atoms with Gasteiger partial charge < -0.3 is 14.8 Å². The average Bonchev–Trinajstić information content (AvgIpc) is 2.94. The number of amides is 1. The van der Waals surface area contributed by atoms with Crippen molar-refractivity contribution in [3.05, 3.63) is 53.9 Å². The molecular weight excluding hydrogens is 292 g/mol. The topological polar surface area (TPSA) is 60.5 Å². The van der Waals surface area contributed by atoms with Gasteiger partial charge in [0.1, 0.15) is 17.6 Å². The largest absolute Gasteiger partial charge is 0.492 e. The third-order valence-corrected chi connectivity index (χ3v) is 3.67. The van der Waals surface area contributed by atoms with Crippen LogP contribution in [-0.4, -0.2) is 30.1 Å². The number of aromatic nitrogens is 1. The van der Waals surface area contributed by atoms with E-state index in [1.165, 1.54) is 0 Å². The van der Waals surface area contributed by atoms with Crippen LogP contribution in [-0.2, 0) is 6.42 Å². The van der Waals surface area contributed by atoms with Gasteiger partial charge in [-0.25, -0.2) is 0 Å². The summed E-state index contributed by atoms with van der Waals surface area (Å²) in [4.78, 5) is 16.1. The van der Waals surface area contributed by atoms with Gasteiger partial charge in [-0.15, -0.1) is 0 Å². The highest BCUT2D eigenvalue weighted by atomic mass is 16.5. The van der Waals surface area contributed by atoms with E-state index in [-0.39, 0.29) is 12.0 Å². The van der Waals surface area contributed by atoms with E-state index in [0.717, 1.165) is 29.9 Å². The third-order valence-electron chi connectivity index (χ3n) is 3.67. The van der Waals surface area contributed by atoms with Gasteiger partial charge in [-0.1, -0.05) is 0 Å². The molecule has 0 unspecified atom stereocenters. The third kappa shape index (κ3) is 4.00. The van der Waals surface area contributed by atoms with Gasteiger partial charge >= 0.3 is 0 Å². The predicted octanol–water partition coefficient (Wildman–Crippen LogP) is 2.60. The van der Waals surface area contributed by atoms with E-state index in [4.69, 9.17) is 9.47 Å². The monoisotopic (exact) mass is 312 g/mol. The number of hydrogen-bond acceptors (Lipinski definition) is 4. The number of ether oxygens (including phenoxy) is 2. The van der Waals surface area contributed by atoms with E-state index in [9.17, 15) is 4.79 Å². The van der Waals surface area contributed by atoms with Crippen LogP contribution in [0.2, 0.25) is 0 Å². The number of nitrogens with zero attached hydrogens (tertiary/aromatic N) is 1. The van der Waals surface area contributed by atoms with Gasteiger partial charge in [-0.2, -0.15) is 0 Å². The second-order valence-electron chi connectivity index (χ2n) is 5.60. The lowest BCUT2D eigenvalue weighted by Crippen LogP contribution is -2.25. The van der Waals surface area contributed by atoms with Crippen LogP contribution in [0.5, 0.6) is 11.5 Å². The smallest absolute Gasteiger partial charge is 0.251 e. The zero-order valence-electron chi connectivity index (χ0n) is 13.1. The molecule has 1 amide bonds. The summed E-state index contributed by atoms with van der Waals surface area (Å²) in [5.74, 6) is 1.57. The highest BCUT2D eigenvalue weighted by Gasteiger charge is 2.20. The number of benzene rings is 1. The summed E-state index contributed by atoms with van der Waals surface area (Å²) in [6, 6.07) is 9.28. The second-order valence-corrected chi connectivity index (χ2v) is 5.60. The summed E-state index contributed by atoms with van der Waals surface area (Å²) >= 11 is 0. The Morgan fingerprint density at radius 2 is 2.35 bits per heavy atom. The van der Waals surface area contributed by atoms with Crippen molar-refractivity contribution in [2.75, 3.05) is 13.2 Å². The van der Waals surface area contributed by atoms with Gasteiger partial charge in [0.05, 0.1) is 12.8 Å². The first-order valence-corrected chi connectivity index (χ1v) is 7.83. The molecule has 0 aliphatic carbocycles. The molecule has 2 heterocycles. The number of nitrogens with one attached hydrogen (secondary N) is 1. The fraction of sp³-hybridized carbons (Fsp3) is 0.333. The highest BCUT2D eigenvalue weighted by molar-refractivity contribution is 5.94. The summed E-state index contributed by atoms with van der Waals surface area (Å²) in [6.45, 7) is 3.15. The highest BCUT2D eigenvalue weighted by Crippen LogP contribution is 2.29. The normalized spacial score (nSPS) is 15.6. The predicted molar refractivity (Wildman–Crippen MR) is 86.9 cm³/mol. The first kappa shape index (κ1) is 15.3. The quantitative estimate of drug-likeness (QED) is 0.833. The van der Waals surface area contributed by atoms with Crippen molar-refractivity contribution in [3.63, 3.8) is 0 Å². The van der Waals surface area contributed by atoms with E-state index in [1.54, 1.807) is 18.5 Å². The zero-order chi connectivity index (χ0) is 16.1. The molecule has 0 bridgehead atoms. The lowest BCUT2D eigenvalue weighted by Gasteiger charge is -2.08. The maximum absolute atomic E-state index is 12.2. The van der Waals surface area contributed by atoms with Gasteiger partial charge in [0.25, 0.3) is 5.91 Å². The molecule has 5 nitrogen and oxygen atoms in total. The van der Waals surface area contributed by atoms with Crippen LogP contribution in [0.4, 0.5) is 0 Å². The summed E-state index contributed by atoms with van der Waals surface area (Å²) in [5.41, 5.74) is 1.78. The standard InChI is InChI=1S/C18H20N2O3/c1-13-10-15-11-14(5-6-17(15)23-13)18(21)20-8-3-9-22-16-4-2-7-19-12-16/h2,4-7,11-13H,3,8-10H2,1H3,(H,20,21)/t13-/m1/s1. The van der Waals surface area contributed by atoms with Crippen molar-refractivity contribution in [1.82, 2.24) is 10.3 Å². The molecule has 0 saturated carbocycles. The minimum absolute atomic E-state index is 0.0614. The molecule has 1 N–H and O–H groups in total. The Hall–Kier alpha value is -2.56. The maximum atomic E-state index is 12.2. The molecule has 5 heteroatoms. The molecule has 2 aromatic rings. The Bertz CT molecular complexity index is 673. The molecule has 1 aromatic heterocycles. The molecule has 1 aliphatic heterocycles. The lowest BCUT2D eigenvalue weighted by atomic mass is 10.1. The summed E-state index contributed by atoms with van der Waals surface area (Å²) in [6.07, 6.45) is 5.16. The number of carbonyl (C=O) groups excluding carboxylic acids is 1. The van der Waals surface area contributed by atoms with Crippen molar-refractivity contribution in [3.8, 4) is 11.5 Å². The summed E-state index contributed by atoms with van der Waals surface area (Å²) < 4.78 is 11.2. The van der Waals surface area contributed by atoms with E-state index in [0.29, 0.717) is 18.7 Å². The fourth-order valence-electron chi connectivity index (χ4n) is 2.56. The van der Waals surface area contributed by atoms with E-state index in [1.807, 2.05) is 31.2 Å². The molecule has 0 saturated heterocycles. The summed E-state index contributed by atoms with van der Waals surface area (Å²) in [7, 11) is 0. The number of rotatable bonds is 6. The van der Waals surface area contributed by atoms with Crippen LogP contribution in [0.25, 0.3) is 0 Å². The van der Waals surface area contributed by atoms with Crippen molar-refractivity contribution in [1.29, 1.82) is 0 Å². The Labute approximate surface area is 135 Å². The first-order valence-electron chi connectivity index (χ1n) is 7.83. The Balaban J connectivity index is 1.42. The molecule has 0 fully saturated rings. The minimum atomic E-state index is -0.0614. The van der Waals surface area contributed by atoms with Crippen LogP contribution in [0.15, 0.2) is 42.7 Å². The molecule has 1 atom stereocenters. The van der Waals surface area contributed by atoms with Gasteiger partial charge in [0.2, 0.25) is 0 Å². The number of carbonyl (C=O) groups is 1. The maximum Gasteiger partial charge on any atom is 0.251 e. The van der Waals surface area contributed by atoms with E-state index in [2.05, 4.69) is 10.3 Å². The lowest BCUT2D eigenvalue weighted by molar-refractivity contribution is 0.0951. The van der Waals surface area contributed by atoms with Crippen LogP contribution < -0.4 is 14.8 Å². The van der Waals surface area contributed by atoms with Gasteiger partial charge in [0.15, 0.2) is 0 Å². The summed E-state index contributed by atoms with van der Waals surface area (Å²) in [5, 5.41) is 2.91. The molecule has 0 radical (unpaired) electrons.